The van der Waals surface area contributed by atoms with Gasteiger partial charge in [-0.25, -0.2) is 8.42 Å². The first kappa shape index (κ1) is 22.0. The highest BCUT2D eigenvalue weighted by atomic mass is 32.2. The molecule has 0 aliphatic carbocycles. The molecule has 7 nitrogen and oxygen atoms in total. The number of carbonyl (C=O) groups is 1. The molecule has 1 heterocycles. The van der Waals surface area contributed by atoms with Gasteiger partial charge in [-0.05, 0) is 61.7 Å². The second-order valence-electron chi connectivity index (χ2n) is 7.51. The summed E-state index contributed by atoms with van der Waals surface area (Å²) in [4.78, 5) is 15.1. The number of benzene rings is 2. The van der Waals surface area contributed by atoms with Gasteiger partial charge in [-0.1, -0.05) is 12.1 Å². The van der Waals surface area contributed by atoms with Crippen molar-refractivity contribution in [1.82, 2.24) is 5.32 Å². The molecule has 30 heavy (non-hydrogen) atoms. The molecule has 1 N–H and O–H groups in total. The molecule has 2 aromatic carbocycles. The lowest BCUT2D eigenvalue weighted by Gasteiger charge is -2.28. The number of amides is 1. The van der Waals surface area contributed by atoms with Crippen molar-refractivity contribution in [2.45, 2.75) is 32.4 Å². The van der Waals surface area contributed by atoms with E-state index in [4.69, 9.17) is 4.74 Å². The maximum Gasteiger partial charge on any atom is 0.243 e. The van der Waals surface area contributed by atoms with Gasteiger partial charge in [0.1, 0.15) is 11.8 Å². The summed E-state index contributed by atoms with van der Waals surface area (Å²) in [5.74, 6) is 0.251. The zero-order valence-corrected chi connectivity index (χ0v) is 18.5. The van der Waals surface area contributed by atoms with Crippen molar-refractivity contribution >= 4 is 27.3 Å². The van der Waals surface area contributed by atoms with Crippen LogP contribution in [-0.2, 0) is 21.4 Å². The van der Waals surface area contributed by atoms with Gasteiger partial charge in [-0.2, -0.15) is 0 Å². The Kier molecular flexibility index (Phi) is 6.87. The van der Waals surface area contributed by atoms with E-state index >= 15 is 0 Å². The van der Waals surface area contributed by atoms with Crippen LogP contribution in [0.25, 0.3) is 0 Å². The Morgan fingerprint density at radius 2 is 1.70 bits per heavy atom. The molecule has 0 bridgehead atoms. The number of sulfonamides is 1. The molecule has 1 fully saturated rings. The van der Waals surface area contributed by atoms with Crippen molar-refractivity contribution in [3.05, 3.63) is 54.1 Å². The predicted octanol–water partition coefficient (Wildman–Crippen LogP) is 2.77. The number of nitrogens with zero attached hydrogens (tertiary/aromatic N) is 2. The lowest BCUT2D eigenvalue weighted by atomic mass is 10.2. The van der Waals surface area contributed by atoms with Crippen LogP contribution in [0.5, 0.6) is 5.75 Å². The third-order valence-corrected chi connectivity index (χ3v) is 6.53. The minimum absolute atomic E-state index is 0.337. The Morgan fingerprint density at radius 1 is 1.10 bits per heavy atom. The molecule has 0 spiro atoms. The largest absolute Gasteiger partial charge is 0.497 e. The molecule has 8 heteroatoms. The molecule has 3 rings (SSSR count). The summed E-state index contributed by atoms with van der Waals surface area (Å²) in [7, 11) is -2.11. The number of anilines is 2. The highest BCUT2D eigenvalue weighted by molar-refractivity contribution is 7.92. The van der Waals surface area contributed by atoms with Gasteiger partial charge in [0.15, 0.2) is 0 Å². The van der Waals surface area contributed by atoms with E-state index in [2.05, 4.69) is 22.3 Å². The molecule has 1 saturated heterocycles. The Balaban J connectivity index is 1.66. The summed E-state index contributed by atoms with van der Waals surface area (Å²) in [5.41, 5.74) is 2.57. The molecule has 1 atom stereocenters. The molecular weight excluding hydrogens is 402 g/mol. The maximum atomic E-state index is 12.7. The lowest BCUT2D eigenvalue weighted by molar-refractivity contribution is -0.122. The van der Waals surface area contributed by atoms with Gasteiger partial charge >= 0.3 is 0 Å². The predicted molar refractivity (Wildman–Crippen MR) is 120 cm³/mol. The third-order valence-electron chi connectivity index (χ3n) is 5.29. The van der Waals surface area contributed by atoms with Crippen LogP contribution in [0.4, 0.5) is 11.4 Å². The van der Waals surface area contributed by atoms with E-state index in [1.54, 1.807) is 31.2 Å². The van der Waals surface area contributed by atoms with Gasteiger partial charge in [0, 0.05) is 25.3 Å². The number of ether oxygens (including phenoxy) is 1. The van der Waals surface area contributed by atoms with E-state index in [9.17, 15) is 13.2 Å². The zero-order valence-electron chi connectivity index (χ0n) is 17.7. The minimum Gasteiger partial charge on any atom is -0.497 e. The molecule has 1 aliphatic rings. The van der Waals surface area contributed by atoms with Gasteiger partial charge in [-0.3, -0.25) is 9.10 Å². The molecular formula is C22H29N3O4S. The fourth-order valence-electron chi connectivity index (χ4n) is 3.67. The summed E-state index contributed by atoms with van der Waals surface area (Å²) in [6.45, 7) is 4.08. The van der Waals surface area contributed by atoms with Crippen molar-refractivity contribution in [2.24, 2.45) is 0 Å². The summed E-state index contributed by atoms with van der Waals surface area (Å²) in [6.07, 6.45) is 3.54. The van der Waals surface area contributed by atoms with Gasteiger partial charge < -0.3 is 15.0 Å². The van der Waals surface area contributed by atoms with Crippen LogP contribution in [-0.4, -0.2) is 46.8 Å². The summed E-state index contributed by atoms with van der Waals surface area (Å²) < 4.78 is 31.0. The highest BCUT2D eigenvalue weighted by Crippen LogP contribution is 2.24. The molecule has 0 radical (unpaired) electrons. The molecule has 0 saturated carbocycles. The minimum atomic E-state index is -3.65. The third kappa shape index (κ3) is 5.24. The number of rotatable bonds is 8. The molecule has 1 amide bonds. The average Bonchev–Trinajstić information content (AvgIpc) is 3.27. The van der Waals surface area contributed by atoms with Crippen LogP contribution in [0, 0.1) is 0 Å². The van der Waals surface area contributed by atoms with Gasteiger partial charge in [0.25, 0.3) is 0 Å². The van der Waals surface area contributed by atoms with Gasteiger partial charge in [0.05, 0.1) is 19.1 Å². The highest BCUT2D eigenvalue weighted by Gasteiger charge is 2.29. The van der Waals surface area contributed by atoms with E-state index in [0.29, 0.717) is 18.0 Å². The van der Waals surface area contributed by atoms with Crippen molar-refractivity contribution in [3.8, 4) is 5.75 Å². The zero-order chi connectivity index (χ0) is 21.7. The van der Waals surface area contributed by atoms with Crippen LogP contribution in [0.2, 0.25) is 0 Å². The van der Waals surface area contributed by atoms with Crippen molar-refractivity contribution in [1.29, 1.82) is 0 Å². The van der Waals surface area contributed by atoms with Crippen LogP contribution in [0.1, 0.15) is 25.3 Å². The second-order valence-corrected chi connectivity index (χ2v) is 9.37. The van der Waals surface area contributed by atoms with Crippen LogP contribution >= 0.6 is 0 Å². The lowest BCUT2D eigenvalue weighted by Crippen LogP contribution is -2.47. The Bertz CT molecular complexity index is 953. The maximum absolute atomic E-state index is 12.7. The topological polar surface area (TPSA) is 79.0 Å². The van der Waals surface area contributed by atoms with E-state index in [0.717, 1.165) is 29.2 Å². The normalized spacial score (nSPS) is 15.0. The summed E-state index contributed by atoms with van der Waals surface area (Å²) >= 11 is 0. The first-order valence-corrected chi connectivity index (χ1v) is 11.9. The average molecular weight is 432 g/mol. The van der Waals surface area contributed by atoms with E-state index in [-0.39, 0.29) is 5.91 Å². The van der Waals surface area contributed by atoms with E-state index in [1.165, 1.54) is 25.6 Å². The van der Waals surface area contributed by atoms with Crippen molar-refractivity contribution in [2.75, 3.05) is 35.7 Å². The number of methoxy groups -OCH3 is 1. The number of carbonyl (C=O) groups excluding carboxylic acids is 1. The monoisotopic (exact) mass is 431 g/mol. The first-order valence-electron chi connectivity index (χ1n) is 10.0. The Morgan fingerprint density at radius 3 is 2.23 bits per heavy atom. The number of nitrogens with one attached hydrogen (secondary N) is 1. The summed E-state index contributed by atoms with van der Waals surface area (Å²) in [6, 6.07) is 13.8. The Labute approximate surface area is 178 Å². The Hall–Kier alpha value is -2.74. The molecule has 0 unspecified atom stereocenters. The van der Waals surface area contributed by atoms with Crippen molar-refractivity contribution in [3.63, 3.8) is 0 Å². The van der Waals surface area contributed by atoms with Crippen molar-refractivity contribution < 1.29 is 17.9 Å². The van der Waals surface area contributed by atoms with Gasteiger partial charge in [-0.15, -0.1) is 0 Å². The summed E-state index contributed by atoms with van der Waals surface area (Å²) in [5, 5.41) is 2.85. The molecule has 1 aliphatic heterocycles. The van der Waals surface area contributed by atoms with Gasteiger partial charge in [0.2, 0.25) is 15.9 Å². The van der Waals surface area contributed by atoms with E-state index in [1.807, 2.05) is 12.1 Å². The quantitative estimate of drug-likeness (QED) is 0.695. The van der Waals surface area contributed by atoms with E-state index < -0.39 is 16.1 Å². The molecule has 162 valence electrons. The SMILES string of the molecule is COc1ccc(N([C@@H](C)C(=O)NCc2ccc(N3CCCC3)cc2)S(C)(=O)=O)cc1. The fraction of sp³-hybridized carbons (Fsp3) is 0.409. The van der Waals surface area contributed by atoms with Crippen LogP contribution in [0.15, 0.2) is 48.5 Å². The number of hydrogen-bond donors (Lipinski definition) is 1. The molecule has 0 aromatic heterocycles. The van der Waals surface area contributed by atoms with Crippen LogP contribution in [0.3, 0.4) is 0 Å². The molecule has 2 aromatic rings. The van der Waals surface area contributed by atoms with Crippen LogP contribution < -0.4 is 19.3 Å². The standard InChI is InChI=1S/C22H29N3O4S/c1-17(25(30(3,27)28)20-10-12-21(29-2)13-11-20)22(26)23-16-18-6-8-19(9-7-18)24-14-4-5-15-24/h6-13,17H,4-5,14-16H2,1-3H3,(H,23,26)/t17-/m0/s1. The fourth-order valence-corrected chi connectivity index (χ4v) is 4.85. The second kappa shape index (κ2) is 9.38. The first-order chi connectivity index (χ1) is 14.3. The number of hydrogen-bond acceptors (Lipinski definition) is 5. The smallest absolute Gasteiger partial charge is 0.243 e.